The molecule has 0 aliphatic heterocycles. The zero-order chi connectivity index (χ0) is 9.14. The molecule has 61 valence electrons. The molecule has 0 aliphatic carbocycles. The van der Waals surface area contributed by atoms with Gasteiger partial charge < -0.3 is 5.73 Å². The number of benzene rings is 1. The van der Waals surface area contributed by atoms with E-state index in [0.717, 1.165) is 0 Å². The van der Waals surface area contributed by atoms with Crippen LogP contribution in [-0.4, -0.2) is 12.1 Å². The molecule has 0 saturated heterocycles. The van der Waals surface area contributed by atoms with Gasteiger partial charge in [0.1, 0.15) is 0 Å². The molecule has 0 unspecified atom stereocenters. The molecule has 0 fully saturated rings. The van der Waals surface area contributed by atoms with Crippen molar-refractivity contribution in [3.8, 4) is 0 Å². The van der Waals surface area contributed by atoms with Gasteiger partial charge in [-0.1, -0.05) is 12.6 Å². The molecule has 4 heteroatoms. The largest absolute Gasteiger partial charge is 0.399 e. The van der Waals surface area contributed by atoms with Gasteiger partial charge in [0.2, 0.25) is 5.78 Å². The predicted molar refractivity (Wildman–Crippen MR) is 47.1 cm³/mol. The summed E-state index contributed by atoms with van der Waals surface area (Å²) in [6.07, 6.45) is 0.237. The highest BCUT2D eigenvalue weighted by molar-refractivity contribution is 7.80. The SMILES string of the molecule is Nc1ccc(C(=O)C=O)c([S])c1. The fourth-order valence-electron chi connectivity index (χ4n) is 0.806. The van der Waals surface area contributed by atoms with Gasteiger partial charge in [0.25, 0.3) is 0 Å². The van der Waals surface area contributed by atoms with Gasteiger partial charge >= 0.3 is 0 Å². The Balaban J connectivity index is 3.18. The van der Waals surface area contributed by atoms with Crippen LogP contribution in [0.3, 0.4) is 0 Å². The number of hydrogen-bond donors (Lipinski definition) is 1. The van der Waals surface area contributed by atoms with Crippen molar-refractivity contribution < 1.29 is 9.59 Å². The normalized spacial score (nSPS) is 9.33. The number of nitrogen functional groups attached to an aromatic ring is 1. The zero-order valence-electron chi connectivity index (χ0n) is 6.11. The topological polar surface area (TPSA) is 60.2 Å². The molecule has 0 atom stereocenters. The van der Waals surface area contributed by atoms with Gasteiger partial charge in [-0.3, -0.25) is 9.59 Å². The molecule has 0 heterocycles. The summed E-state index contributed by atoms with van der Waals surface area (Å²) in [7, 11) is 0. The zero-order valence-corrected chi connectivity index (χ0v) is 6.93. The fraction of sp³-hybridized carbons (Fsp3) is 0. The van der Waals surface area contributed by atoms with Crippen LogP contribution in [0.2, 0.25) is 0 Å². The summed E-state index contributed by atoms with van der Waals surface area (Å²) in [6, 6.07) is 4.47. The summed E-state index contributed by atoms with van der Waals surface area (Å²) in [5, 5.41) is 0. The van der Waals surface area contributed by atoms with Gasteiger partial charge in [0.05, 0.1) is 4.90 Å². The Labute approximate surface area is 75.0 Å². The van der Waals surface area contributed by atoms with Gasteiger partial charge in [-0.2, -0.15) is 0 Å². The minimum absolute atomic E-state index is 0.231. The molecule has 0 bridgehead atoms. The summed E-state index contributed by atoms with van der Waals surface area (Å²) < 4.78 is 0. The number of rotatable bonds is 2. The third-order valence-electron chi connectivity index (χ3n) is 1.38. The number of nitrogens with two attached hydrogens (primary N) is 1. The summed E-state index contributed by atoms with van der Waals surface area (Å²) in [5.41, 5.74) is 6.12. The van der Waals surface area contributed by atoms with Crippen molar-refractivity contribution in [3.63, 3.8) is 0 Å². The van der Waals surface area contributed by atoms with E-state index in [4.69, 9.17) is 18.4 Å². The van der Waals surface area contributed by atoms with Gasteiger partial charge in [-0.05, 0) is 18.2 Å². The highest BCUT2D eigenvalue weighted by Crippen LogP contribution is 2.16. The van der Waals surface area contributed by atoms with Crippen LogP contribution in [0.15, 0.2) is 23.1 Å². The van der Waals surface area contributed by atoms with Crippen molar-refractivity contribution in [2.75, 3.05) is 5.73 Å². The Morgan fingerprint density at radius 2 is 2.17 bits per heavy atom. The molecule has 12 heavy (non-hydrogen) atoms. The van der Waals surface area contributed by atoms with Crippen LogP contribution < -0.4 is 5.73 Å². The molecule has 1 aromatic carbocycles. The van der Waals surface area contributed by atoms with Crippen molar-refractivity contribution in [1.82, 2.24) is 0 Å². The summed E-state index contributed by atoms with van der Waals surface area (Å²) >= 11 is 4.82. The van der Waals surface area contributed by atoms with Gasteiger partial charge in [0, 0.05) is 11.3 Å². The Morgan fingerprint density at radius 3 is 2.67 bits per heavy atom. The number of hydrogen-bond acceptors (Lipinski definition) is 3. The van der Waals surface area contributed by atoms with E-state index in [1.54, 1.807) is 0 Å². The molecule has 0 aromatic heterocycles. The number of carbonyl (C=O) groups excluding carboxylic acids is 2. The average Bonchev–Trinajstić information content (AvgIpc) is 2.03. The minimum atomic E-state index is -0.611. The molecular weight excluding hydrogens is 174 g/mol. The van der Waals surface area contributed by atoms with Gasteiger partial charge in [0.15, 0.2) is 6.29 Å². The third-order valence-corrected chi connectivity index (χ3v) is 1.72. The summed E-state index contributed by atoms with van der Waals surface area (Å²) in [4.78, 5) is 21.3. The quantitative estimate of drug-likeness (QED) is 0.322. The first-order valence-electron chi connectivity index (χ1n) is 3.21. The molecule has 3 nitrogen and oxygen atoms in total. The predicted octanol–water partition coefficient (Wildman–Crippen LogP) is 1.21. The highest BCUT2D eigenvalue weighted by atomic mass is 32.1. The van der Waals surface area contributed by atoms with Crippen LogP contribution in [0, 0.1) is 0 Å². The number of aldehydes is 1. The van der Waals surface area contributed by atoms with Gasteiger partial charge in [-0.15, -0.1) is 0 Å². The van der Waals surface area contributed by atoms with Crippen molar-refractivity contribution in [2.45, 2.75) is 4.90 Å². The second-order valence-corrected chi connectivity index (χ2v) is 2.68. The summed E-state index contributed by atoms with van der Waals surface area (Å²) in [5.74, 6) is -0.611. The third kappa shape index (κ3) is 1.60. The smallest absolute Gasteiger partial charge is 0.226 e. The first-order valence-corrected chi connectivity index (χ1v) is 3.62. The molecule has 0 amide bonds. The maximum atomic E-state index is 10.9. The maximum Gasteiger partial charge on any atom is 0.226 e. The fourth-order valence-corrected chi connectivity index (χ4v) is 1.11. The molecule has 2 N–H and O–H groups in total. The van der Waals surface area contributed by atoms with Crippen molar-refractivity contribution in [2.24, 2.45) is 0 Å². The molecule has 1 radical (unpaired) electrons. The van der Waals surface area contributed by atoms with Crippen molar-refractivity contribution in [3.05, 3.63) is 23.8 Å². The Bertz CT molecular complexity index is 336. The standard InChI is InChI=1S/C8H6NO2S/c9-5-1-2-6(7(11)4-10)8(12)3-5/h1-4H,9H2. The Kier molecular flexibility index (Phi) is 2.40. The van der Waals surface area contributed by atoms with Crippen LogP contribution >= 0.6 is 12.6 Å². The number of anilines is 1. The van der Waals surface area contributed by atoms with Crippen LogP contribution in [0.1, 0.15) is 10.4 Å². The first-order chi connectivity index (χ1) is 5.65. The van der Waals surface area contributed by atoms with E-state index in [2.05, 4.69) is 0 Å². The lowest BCUT2D eigenvalue weighted by molar-refractivity contribution is -0.104. The van der Waals surface area contributed by atoms with E-state index in [1.807, 2.05) is 0 Å². The monoisotopic (exact) mass is 180 g/mol. The van der Waals surface area contributed by atoms with Crippen LogP contribution in [0.4, 0.5) is 5.69 Å². The summed E-state index contributed by atoms with van der Waals surface area (Å²) in [6.45, 7) is 0. The average molecular weight is 180 g/mol. The number of carbonyl (C=O) groups is 2. The molecule has 0 saturated carbocycles. The number of Topliss-reactive ketones (excluding diaryl/α,β-unsaturated/α-hetero) is 1. The second-order valence-electron chi connectivity index (χ2n) is 2.24. The second kappa shape index (κ2) is 3.32. The van der Waals surface area contributed by atoms with Gasteiger partial charge in [-0.25, -0.2) is 0 Å². The Morgan fingerprint density at radius 1 is 1.50 bits per heavy atom. The van der Waals surface area contributed by atoms with Crippen LogP contribution in [0.25, 0.3) is 0 Å². The molecular formula is C8H6NO2S. The van der Waals surface area contributed by atoms with E-state index >= 15 is 0 Å². The maximum absolute atomic E-state index is 10.9. The molecule has 1 rings (SSSR count). The highest BCUT2D eigenvalue weighted by Gasteiger charge is 2.08. The van der Waals surface area contributed by atoms with E-state index in [1.165, 1.54) is 18.2 Å². The lowest BCUT2D eigenvalue weighted by Gasteiger charge is -1.98. The molecule has 0 spiro atoms. The van der Waals surface area contributed by atoms with E-state index < -0.39 is 5.78 Å². The first kappa shape index (κ1) is 8.67. The van der Waals surface area contributed by atoms with E-state index in [9.17, 15) is 9.59 Å². The lowest BCUT2D eigenvalue weighted by Crippen LogP contribution is -2.01. The lowest BCUT2D eigenvalue weighted by atomic mass is 10.1. The van der Waals surface area contributed by atoms with Crippen LogP contribution in [-0.2, 0) is 4.79 Å². The Hall–Kier alpha value is -1.42. The van der Waals surface area contributed by atoms with Crippen molar-refractivity contribution >= 4 is 30.4 Å². The van der Waals surface area contributed by atoms with E-state index in [0.29, 0.717) is 10.6 Å². The van der Waals surface area contributed by atoms with Crippen molar-refractivity contribution in [1.29, 1.82) is 0 Å². The minimum Gasteiger partial charge on any atom is -0.399 e. The van der Waals surface area contributed by atoms with Crippen LogP contribution in [0.5, 0.6) is 0 Å². The number of ketones is 1. The van der Waals surface area contributed by atoms with E-state index in [-0.39, 0.29) is 11.8 Å². The molecule has 1 aromatic rings. The molecule has 0 aliphatic rings.